The van der Waals surface area contributed by atoms with Crippen LogP contribution in [0, 0.1) is 21.6 Å². The van der Waals surface area contributed by atoms with Gasteiger partial charge in [0.25, 0.3) is 0 Å². The highest BCUT2D eigenvalue weighted by molar-refractivity contribution is 4.84. The van der Waals surface area contributed by atoms with E-state index in [2.05, 4.69) is 13.8 Å². The van der Waals surface area contributed by atoms with Crippen LogP contribution in [0.15, 0.2) is 0 Å². The fraction of sp³-hybridized carbons (Fsp3) is 1.00. The standard InChI is InChI=1S/C22H40N2O2/c1-17(23(25)19-11-5-3-6-12-19)21-15-9-10-16-22(21)18(2)24(26)20-13-7-4-8-14-20/h17-22H,3-16H2,1-2H3/q+2. The average molecular weight is 365 g/mol. The molecule has 0 aromatic heterocycles. The quantitative estimate of drug-likeness (QED) is 0.559. The Morgan fingerprint density at radius 2 is 0.846 bits per heavy atom. The van der Waals surface area contributed by atoms with Gasteiger partial charge in [0.2, 0.25) is 24.2 Å². The van der Waals surface area contributed by atoms with Gasteiger partial charge in [0.1, 0.15) is 0 Å². The molecule has 3 aliphatic rings. The molecule has 3 saturated carbocycles. The number of hydrogen-bond donors (Lipinski definition) is 0. The number of rotatable bonds is 6. The van der Waals surface area contributed by atoms with E-state index in [1.54, 1.807) is 0 Å². The Balaban J connectivity index is 1.66. The summed E-state index contributed by atoms with van der Waals surface area (Å²) in [6.07, 6.45) is 16.3. The van der Waals surface area contributed by atoms with Crippen molar-refractivity contribution >= 4 is 0 Å². The Kier molecular flexibility index (Phi) is 7.22. The van der Waals surface area contributed by atoms with Crippen molar-refractivity contribution in [1.29, 1.82) is 0 Å². The summed E-state index contributed by atoms with van der Waals surface area (Å²) in [6.45, 7) is 4.29. The molecular formula is C22H40N2O2+2. The molecule has 3 rings (SSSR count). The number of hydrogen-bond acceptors (Lipinski definition) is 2. The van der Waals surface area contributed by atoms with Gasteiger partial charge in [0.05, 0.1) is 0 Å². The summed E-state index contributed by atoms with van der Waals surface area (Å²) in [5, 5.41) is 0. The first-order valence-electron chi connectivity index (χ1n) is 11.5. The van der Waals surface area contributed by atoms with Gasteiger partial charge >= 0.3 is 0 Å². The van der Waals surface area contributed by atoms with Gasteiger partial charge in [0.15, 0.2) is 0 Å². The summed E-state index contributed by atoms with van der Waals surface area (Å²) in [5.74, 6) is 0.774. The van der Waals surface area contributed by atoms with E-state index in [9.17, 15) is 9.81 Å². The molecule has 4 atom stereocenters. The Bertz CT molecular complexity index is 437. The lowest BCUT2D eigenvalue weighted by Crippen LogP contribution is -2.47. The van der Waals surface area contributed by atoms with Crippen molar-refractivity contribution in [1.82, 2.24) is 0 Å². The SMILES string of the molecule is CC(C1CCCCC1C(C)[N+](=O)C1CCCCC1)[N+](=O)C1CCCCC1. The zero-order chi connectivity index (χ0) is 18.5. The maximum absolute atomic E-state index is 13.1. The maximum atomic E-state index is 13.1. The van der Waals surface area contributed by atoms with E-state index in [4.69, 9.17) is 0 Å². The van der Waals surface area contributed by atoms with Crippen molar-refractivity contribution in [3.05, 3.63) is 9.81 Å². The molecule has 0 bridgehead atoms. The normalized spacial score (nSPS) is 31.3. The van der Waals surface area contributed by atoms with E-state index >= 15 is 0 Å². The molecule has 0 aromatic carbocycles. The predicted octanol–water partition coefficient (Wildman–Crippen LogP) is 5.79. The summed E-state index contributed by atoms with van der Waals surface area (Å²) < 4.78 is 2.90. The Morgan fingerprint density at radius 1 is 0.538 bits per heavy atom. The second-order valence-corrected chi connectivity index (χ2v) is 9.40. The molecule has 0 radical (unpaired) electrons. The van der Waals surface area contributed by atoms with Crippen molar-refractivity contribution in [2.45, 2.75) is 128 Å². The molecule has 0 aromatic rings. The van der Waals surface area contributed by atoms with Crippen LogP contribution in [0.4, 0.5) is 0 Å². The summed E-state index contributed by atoms with van der Waals surface area (Å²) in [4.78, 5) is 26.1. The van der Waals surface area contributed by atoms with E-state index < -0.39 is 0 Å². The van der Waals surface area contributed by atoms with E-state index in [-0.39, 0.29) is 24.2 Å². The summed E-state index contributed by atoms with van der Waals surface area (Å²) in [6, 6.07) is 0.563. The number of nitroso groups, excluding NO2 is 2. The molecule has 4 heteroatoms. The lowest BCUT2D eigenvalue weighted by Gasteiger charge is -2.34. The van der Waals surface area contributed by atoms with Crippen molar-refractivity contribution < 1.29 is 9.52 Å². The van der Waals surface area contributed by atoms with Gasteiger partial charge in [-0.05, 0) is 38.5 Å². The largest absolute Gasteiger partial charge is 0.202 e. The molecule has 0 aliphatic heterocycles. The number of nitrogens with zero attached hydrogens (tertiary/aromatic N) is 2. The highest BCUT2D eigenvalue weighted by Gasteiger charge is 2.47. The van der Waals surface area contributed by atoms with E-state index in [1.807, 2.05) is 0 Å². The molecule has 0 spiro atoms. The van der Waals surface area contributed by atoms with E-state index in [1.165, 1.54) is 60.9 Å². The highest BCUT2D eigenvalue weighted by atomic mass is 16.3. The first-order valence-corrected chi connectivity index (χ1v) is 11.5. The fourth-order valence-corrected chi connectivity index (χ4v) is 6.10. The minimum atomic E-state index is 0.0607. The topological polar surface area (TPSA) is 40.2 Å². The molecule has 0 N–H and O–H groups in total. The molecule has 3 aliphatic carbocycles. The van der Waals surface area contributed by atoms with Gasteiger partial charge in [-0.1, -0.05) is 25.7 Å². The third kappa shape index (κ3) is 4.54. The molecule has 3 fully saturated rings. The zero-order valence-electron chi connectivity index (χ0n) is 17.1. The van der Waals surface area contributed by atoms with E-state index in [0.717, 1.165) is 38.5 Å². The molecule has 0 heterocycles. The second kappa shape index (κ2) is 9.41. The smallest absolute Gasteiger partial charge is 0.0528 e. The first kappa shape index (κ1) is 19.9. The van der Waals surface area contributed by atoms with Crippen LogP contribution in [-0.4, -0.2) is 33.7 Å². The van der Waals surface area contributed by atoms with Gasteiger partial charge in [-0.25, -0.2) is 0 Å². The van der Waals surface area contributed by atoms with Gasteiger partial charge in [-0.2, -0.15) is 0 Å². The monoisotopic (exact) mass is 364 g/mol. The Morgan fingerprint density at radius 3 is 1.19 bits per heavy atom. The summed E-state index contributed by atoms with van der Waals surface area (Å²) in [5.41, 5.74) is 0. The minimum absolute atomic E-state index is 0.0607. The van der Waals surface area contributed by atoms with Gasteiger partial charge in [-0.15, -0.1) is 0 Å². The van der Waals surface area contributed by atoms with Crippen LogP contribution in [-0.2, 0) is 0 Å². The van der Waals surface area contributed by atoms with Crippen LogP contribution in [0.25, 0.3) is 0 Å². The molecule has 4 nitrogen and oxygen atoms in total. The van der Waals surface area contributed by atoms with Gasteiger partial charge in [0, 0.05) is 70.7 Å². The van der Waals surface area contributed by atoms with Crippen LogP contribution in [0.2, 0.25) is 0 Å². The lowest BCUT2D eigenvalue weighted by molar-refractivity contribution is -0.645. The molecule has 4 unspecified atom stereocenters. The fourth-order valence-electron chi connectivity index (χ4n) is 6.10. The zero-order valence-corrected chi connectivity index (χ0v) is 17.1. The lowest BCUT2D eigenvalue weighted by atomic mass is 9.71. The van der Waals surface area contributed by atoms with Crippen molar-refractivity contribution in [2.75, 3.05) is 0 Å². The minimum Gasteiger partial charge on any atom is -0.0528 e. The highest BCUT2D eigenvalue weighted by Crippen LogP contribution is 2.38. The second-order valence-electron chi connectivity index (χ2n) is 9.40. The Hall–Kier alpha value is -0.800. The molecule has 148 valence electrons. The van der Waals surface area contributed by atoms with Crippen molar-refractivity contribution in [2.24, 2.45) is 11.8 Å². The third-order valence-corrected chi connectivity index (χ3v) is 7.79. The van der Waals surface area contributed by atoms with Crippen LogP contribution in [0.5, 0.6) is 0 Å². The Labute approximate surface area is 159 Å². The first-order chi connectivity index (χ1) is 12.6. The summed E-state index contributed by atoms with van der Waals surface area (Å²) >= 11 is 0. The van der Waals surface area contributed by atoms with Crippen molar-refractivity contribution in [3.8, 4) is 0 Å². The maximum Gasteiger partial charge on any atom is 0.202 e. The summed E-state index contributed by atoms with van der Waals surface area (Å²) in [7, 11) is 0. The molecule has 26 heavy (non-hydrogen) atoms. The van der Waals surface area contributed by atoms with Gasteiger partial charge < -0.3 is 0 Å². The van der Waals surface area contributed by atoms with Crippen LogP contribution in [0.1, 0.15) is 104 Å². The van der Waals surface area contributed by atoms with Crippen LogP contribution >= 0.6 is 0 Å². The molecule has 0 saturated heterocycles. The molecular weight excluding hydrogens is 324 g/mol. The van der Waals surface area contributed by atoms with Crippen molar-refractivity contribution in [3.63, 3.8) is 0 Å². The third-order valence-electron chi connectivity index (χ3n) is 7.79. The molecule has 0 amide bonds. The van der Waals surface area contributed by atoms with Crippen LogP contribution in [0.3, 0.4) is 0 Å². The predicted molar refractivity (Wildman–Crippen MR) is 105 cm³/mol. The van der Waals surface area contributed by atoms with Crippen LogP contribution < -0.4 is 0 Å². The van der Waals surface area contributed by atoms with E-state index in [0.29, 0.717) is 11.8 Å². The van der Waals surface area contributed by atoms with Gasteiger partial charge in [-0.3, -0.25) is 0 Å². The average Bonchev–Trinajstić information content (AvgIpc) is 2.73.